The van der Waals surface area contributed by atoms with Crippen molar-refractivity contribution in [3.63, 3.8) is 0 Å². The minimum atomic E-state index is -1.13. The number of fused-ring (bicyclic) bond motifs is 1. The highest BCUT2D eigenvalue weighted by molar-refractivity contribution is 7.81. The molecule has 38 heavy (non-hydrogen) atoms. The molecule has 12 heteroatoms. The van der Waals surface area contributed by atoms with Gasteiger partial charge in [-0.2, -0.15) is 27.7 Å². The van der Waals surface area contributed by atoms with Gasteiger partial charge in [0, 0.05) is 37.6 Å². The van der Waals surface area contributed by atoms with Gasteiger partial charge in [0.25, 0.3) is 0 Å². The van der Waals surface area contributed by atoms with Gasteiger partial charge in [-0.25, -0.2) is 9.07 Å². The van der Waals surface area contributed by atoms with Gasteiger partial charge < -0.3 is 24.2 Å². The number of nitrogens with zero attached hydrogens (tertiary/aromatic N) is 6. The molecule has 3 aromatic rings. The molecule has 3 saturated heterocycles. The number of hydrogen-bond acceptors (Lipinski definition) is 10. The fraction of sp³-hybridized carbons (Fsp3) is 0.577. The lowest BCUT2D eigenvalue weighted by Crippen LogP contribution is -2.57. The predicted molar refractivity (Wildman–Crippen MR) is 143 cm³/mol. The molecule has 1 N–H and O–H groups in total. The van der Waals surface area contributed by atoms with Crippen LogP contribution in [0.15, 0.2) is 24.4 Å². The molecule has 1 unspecified atom stereocenters. The highest BCUT2D eigenvalue weighted by Gasteiger charge is 2.45. The van der Waals surface area contributed by atoms with Crippen LogP contribution in [0.25, 0.3) is 16.7 Å². The number of morpholine rings is 1. The summed E-state index contributed by atoms with van der Waals surface area (Å²) in [4.78, 5) is 13.3. The van der Waals surface area contributed by atoms with E-state index >= 15 is 4.39 Å². The van der Waals surface area contributed by atoms with Gasteiger partial charge >= 0.3 is 6.01 Å². The number of halogens is 1. The molecule has 0 radical (unpaired) electrons. The minimum Gasteiger partial charge on any atom is -0.467 e. The summed E-state index contributed by atoms with van der Waals surface area (Å²) >= 11 is 4.98. The van der Waals surface area contributed by atoms with Gasteiger partial charge in [0.15, 0.2) is 5.82 Å². The first-order valence-corrected chi connectivity index (χ1v) is 13.4. The van der Waals surface area contributed by atoms with E-state index in [1.54, 1.807) is 10.9 Å². The van der Waals surface area contributed by atoms with Crippen LogP contribution < -0.4 is 9.64 Å². The Kier molecular flexibility index (Phi) is 6.93. The number of benzene rings is 1. The molecule has 0 saturated carbocycles. The molecule has 3 aliphatic heterocycles. The summed E-state index contributed by atoms with van der Waals surface area (Å²) in [7, 11) is 1.52. The number of anilines is 1. The number of likely N-dealkylation sites (tertiary alicyclic amines) is 1. The summed E-state index contributed by atoms with van der Waals surface area (Å²) in [6, 6.07) is 6.41. The van der Waals surface area contributed by atoms with Crippen LogP contribution in [0.2, 0.25) is 0 Å². The van der Waals surface area contributed by atoms with Gasteiger partial charge in [-0.3, -0.25) is 4.90 Å². The number of ether oxygens (including phenoxy) is 3. The van der Waals surface area contributed by atoms with Gasteiger partial charge in [-0.05, 0) is 36.6 Å². The Labute approximate surface area is 226 Å². The average molecular weight is 545 g/mol. The number of aromatic nitrogens is 4. The molecule has 5 heterocycles. The molecular formula is C26H33FN6O4S. The number of aliphatic hydroxyl groups excluding tert-OH is 1. The van der Waals surface area contributed by atoms with Crippen molar-refractivity contribution in [3.05, 3.63) is 35.5 Å². The second-order valence-corrected chi connectivity index (χ2v) is 11.1. The fourth-order valence-corrected chi connectivity index (χ4v) is 6.05. The van der Waals surface area contributed by atoms with Gasteiger partial charge in [-0.1, -0.05) is 0 Å². The summed E-state index contributed by atoms with van der Waals surface area (Å²) < 4.78 is 32.9. The average Bonchev–Trinajstić information content (AvgIpc) is 3.31. The zero-order valence-corrected chi connectivity index (χ0v) is 22.5. The molecule has 204 valence electrons. The molecule has 0 amide bonds. The van der Waals surface area contributed by atoms with E-state index in [-0.39, 0.29) is 18.7 Å². The van der Waals surface area contributed by atoms with Crippen molar-refractivity contribution >= 4 is 29.3 Å². The largest absolute Gasteiger partial charge is 0.467 e. The van der Waals surface area contributed by atoms with Crippen molar-refractivity contribution < 1.29 is 23.7 Å². The predicted octanol–water partition coefficient (Wildman–Crippen LogP) is 1.90. The second-order valence-electron chi connectivity index (χ2n) is 10.3. The molecule has 1 aromatic carbocycles. The maximum atomic E-state index is 15.8. The third kappa shape index (κ3) is 4.51. The van der Waals surface area contributed by atoms with E-state index < -0.39 is 10.9 Å². The Morgan fingerprint density at radius 1 is 1.18 bits per heavy atom. The standard InChI is InChI=1S/C26H33FN6O4S/c1-16-7-17-10-28-33(24-9-23(29-25(30-24)35-2)32-5-6-37-19(11-32)13-34)21(17)8-20(16)26(38)3-4-31(12-22(26)27)18-14-36-15-18/h7-10,18-19,22,34,38H,3-6,11-15H2,1-2H3/t19-,22?,26+/m1/s1. The zero-order chi connectivity index (χ0) is 26.4. The number of methoxy groups -OCH3 is 1. The Morgan fingerprint density at radius 2 is 2.00 bits per heavy atom. The number of piperidine rings is 1. The summed E-state index contributed by atoms with van der Waals surface area (Å²) in [6.07, 6.45) is 0.976. The van der Waals surface area contributed by atoms with Crippen LogP contribution >= 0.6 is 12.6 Å². The van der Waals surface area contributed by atoms with Crippen molar-refractivity contribution in [3.8, 4) is 11.8 Å². The summed E-state index contributed by atoms with van der Waals surface area (Å²) in [5, 5.41) is 15.1. The maximum Gasteiger partial charge on any atom is 0.320 e. The third-order valence-electron chi connectivity index (χ3n) is 7.96. The third-order valence-corrected chi connectivity index (χ3v) is 8.70. The van der Waals surface area contributed by atoms with Gasteiger partial charge in [0.2, 0.25) is 0 Å². The first-order valence-electron chi connectivity index (χ1n) is 13.0. The lowest BCUT2D eigenvalue weighted by atomic mass is 9.83. The molecule has 0 bridgehead atoms. The highest BCUT2D eigenvalue weighted by Crippen LogP contribution is 2.44. The number of rotatable bonds is 6. The van der Waals surface area contributed by atoms with E-state index in [9.17, 15) is 5.11 Å². The second kappa shape index (κ2) is 10.2. The summed E-state index contributed by atoms with van der Waals surface area (Å²) in [5.74, 6) is 1.19. The van der Waals surface area contributed by atoms with Crippen molar-refractivity contribution in [1.29, 1.82) is 0 Å². The lowest BCUT2D eigenvalue weighted by molar-refractivity contribution is -0.0827. The highest BCUT2D eigenvalue weighted by atomic mass is 32.1. The van der Waals surface area contributed by atoms with E-state index in [1.807, 2.05) is 30.0 Å². The summed E-state index contributed by atoms with van der Waals surface area (Å²) in [5.41, 5.74) is 2.66. The normalized spacial score (nSPS) is 27.0. The number of hydrogen-bond donors (Lipinski definition) is 2. The van der Waals surface area contributed by atoms with Crippen molar-refractivity contribution in [1.82, 2.24) is 24.6 Å². The molecule has 6 rings (SSSR count). The van der Waals surface area contributed by atoms with Crippen LogP contribution in [0, 0.1) is 6.92 Å². The maximum absolute atomic E-state index is 15.8. The van der Waals surface area contributed by atoms with Crippen LogP contribution in [0.3, 0.4) is 0 Å². The Hall–Kier alpha value is -2.51. The first kappa shape index (κ1) is 25.8. The first-order chi connectivity index (χ1) is 18.4. The molecular weight excluding hydrogens is 511 g/mol. The SMILES string of the molecule is COc1nc(N2CCO[C@@H](CO)C2)cc(-n2ncc3cc(C)c([C@@]4(S)CCN(C5COC5)CC4F)cc32)n1. The quantitative estimate of drug-likeness (QED) is 0.451. The molecule has 0 spiro atoms. The zero-order valence-electron chi connectivity index (χ0n) is 21.6. The van der Waals surface area contributed by atoms with E-state index in [2.05, 4.69) is 20.0 Å². The topological polar surface area (TPSA) is 98.0 Å². The number of aryl methyl sites for hydroxylation is 1. The van der Waals surface area contributed by atoms with Crippen molar-refractivity contribution in [2.45, 2.75) is 36.4 Å². The Morgan fingerprint density at radius 3 is 2.71 bits per heavy atom. The van der Waals surface area contributed by atoms with Crippen LogP contribution in [-0.4, -0.2) is 108 Å². The fourth-order valence-electron chi connectivity index (χ4n) is 5.63. The van der Waals surface area contributed by atoms with E-state index in [1.165, 1.54) is 7.11 Å². The molecule has 3 fully saturated rings. The molecule has 2 aromatic heterocycles. The van der Waals surface area contributed by atoms with E-state index in [0.717, 1.165) is 28.6 Å². The monoisotopic (exact) mass is 544 g/mol. The number of thiol groups is 1. The van der Waals surface area contributed by atoms with Crippen molar-refractivity contribution in [2.24, 2.45) is 0 Å². The minimum absolute atomic E-state index is 0.0647. The molecule has 10 nitrogen and oxygen atoms in total. The number of alkyl halides is 1. The molecule has 0 aliphatic carbocycles. The smallest absolute Gasteiger partial charge is 0.320 e. The van der Waals surface area contributed by atoms with E-state index in [0.29, 0.717) is 63.6 Å². The van der Waals surface area contributed by atoms with Crippen LogP contribution in [0.4, 0.5) is 10.2 Å². The van der Waals surface area contributed by atoms with Crippen molar-refractivity contribution in [2.75, 3.05) is 64.6 Å². The van der Waals surface area contributed by atoms with Crippen LogP contribution in [0.5, 0.6) is 6.01 Å². The van der Waals surface area contributed by atoms with Gasteiger partial charge in [-0.15, -0.1) is 0 Å². The summed E-state index contributed by atoms with van der Waals surface area (Å²) in [6.45, 7) is 6.02. The Balaban J connectivity index is 1.36. The molecule has 3 aliphatic rings. The van der Waals surface area contributed by atoms with Crippen LogP contribution in [-0.2, 0) is 14.2 Å². The Bertz CT molecular complexity index is 1320. The van der Waals surface area contributed by atoms with Crippen LogP contribution in [0.1, 0.15) is 17.5 Å². The molecule has 3 atom stereocenters. The van der Waals surface area contributed by atoms with Gasteiger partial charge in [0.05, 0.1) is 62.1 Å². The van der Waals surface area contributed by atoms with Gasteiger partial charge in [0.1, 0.15) is 12.0 Å². The lowest BCUT2D eigenvalue weighted by Gasteiger charge is -2.47. The van der Waals surface area contributed by atoms with E-state index in [4.69, 9.17) is 26.8 Å². The number of aliphatic hydroxyl groups is 1.